The number of tetrazole rings is 1. The zero-order chi connectivity index (χ0) is 19.8. The van der Waals surface area contributed by atoms with E-state index in [0.717, 1.165) is 24.2 Å². The number of furan rings is 1. The number of aromatic nitrogens is 4. The minimum Gasteiger partial charge on any atom is -0.457 e. The van der Waals surface area contributed by atoms with Crippen LogP contribution in [0.25, 0.3) is 17.4 Å². The Balaban J connectivity index is 1.50. The van der Waals surface area contributed by atoms with E-state index in [-0.39, 0.29) is 11.1 Å². The van der Waals surface area contributed by atoms with Gasteiger partial charge in [0.05, 0.1) is 6.54 Å². The van der Waals surface area contributed by atoms with Crippen LogP contribution in [-0.4, -0.2) is 31.2 Å². The number of carbonyl (C=O) groups is 1. The van der Waals surface area contributed by atoms with E-state index in [9.17, 15) is 4.79 Å². The minimum absolute atomic E-state index is 0.0918. The monoisotopic (exact) mass is 396 g/mol. The predicted octanol–water partition coefficient (Wildman–Crippen LogP) is 3.26. The fourth-order valence-electron chi connectivity index (χ4n) is 2.33. The minimum atomic E-state index is -0.395. The normalized spacial score (nSPS) is 10.9. The number of benzene rings is 1. The molecular formula is C19H20N6O2S. The highest BCUT2D eigenvalue weighted by atomic mass is 32.1. The van der Waals surface area contributed by atoms with Crippen LogP contribution in [0, 0.1) is 0 Å². The lowest BCUT2D eigenvalue weighted by Gasteiger charge is -2.03. The topological polar surface area (TPSA) is 97.9 Å². The molecular weight excluding hydrogens is 376 g/mol. The summed E-state index contributed by atoms with van der Waals surface area (Å²) < 4.78 is 5.71. The number of aryl methyl sites for hydroxylation is 1. The lowest BCUT2D eigenvalue weighted by Crippen LogP contribution is -2.33. The first-order valence-corrected chi connectivity index (χ1v) is 9.28. The molecule has 2 N–H and O–H groups in total. The van der Waals surface area contributed by atoms with Gasteiger partial charge in [0.15, 0.2) is 5.11 Å². The summed E-state index contributed by atoms with van der Waals surface area (Å²) in [4.78, 5) is 13.5. The molecule has 0 aliphatic carbocycles. The molecule has 3 rings (SSSR count). The van der Waals surface area contributed by atoms with Crippen molar-refractivity contribution in [1.29, 1.82) is 0 Å². The van der Waals surface area contributed by atoms with Gasteiger partial charge in [-0.3, -0.25) is 15.4 Å². The Labute approximate surface area is 167 Å². The van der Waals surface area contributed by atoms with Crippen LogP contribution in [0.4, 0.5) is 5.95 Å². The van der Waals surface area contributed by atoms with Gasteiger partial charge in [-0.05, 0) is 42.1 Å². The predicted molar refractivity (Wildman–Crippen MR) is 110 cm³/mol. The average Bonchev–Trinajstić information content (AvgIpc) is 3.35. The Morgan fingerprint density at radius 2 is 2.07 bits per heavy atom. The molecule has 3 aromatic rings. The van der Waals surface area contributed by atoms with Crippen molar-refractivity contribution in [2.75, 3.05) is 5.32 Å². The smallest absolute Gasteiger partial charge is 0.269 e. The number of carbonyl (C=O) groups excluding carboxylic acids is 1. The number of thiocarbonyl (C=S) groups is 1. The summed E-state index contributed by atoms with van der Waals surface area (Å²) in [5, 5.41) is 17.2. The molecule has 0 unspecified atom stereocenters. The second kappa shape index (κ2) is 9.56. The van der Waals surface area contributed by atoms with Gasteiger partial charge in [0.2, 0.25) is 5.91 Å². The van der Waals surface area contributed by atoms with Crippen molar-refractivity contribution in [3.8, 4) is 11.3 Å². The number of hydrogen-bond donors (Lipinski definition) is 2. The Bertz CT molecular complexity index is 964. The number of anilines is 1. The first-order chi connectivity index (χ1) is 13.6. The maximum absolute atomic E-state index is 12.0. The van der Waals surface area contributed by atoms with Crippen LogP contribution in [0.5, 0.6) is 0 Å². The van der Waals surface area contributed by atoms with E-state index in [4.69, 9.17) is 16.6 Å². The number of rotatable bonds is 7. The summed E-state index contributed by atoms with van der Waals surface area (Å²) in [6.07, 6.45) is 4.91. The van der Waals surface area contributed by atoms with E-state index >= 15 is 0 Å². The van der Waals surface area contributed by atoms with Crippen molar-refractivity contribution in [3.63, 3.8) is 0 Å². The first-order valence-electron chi connectivity index (χ1n) is 8.87. The molecule has 0 fully saturated rings. The third kappa shape index (κ3) is 5.58. The van der Waals surface area contributed by atoms with Gasteiger partial charge in [0.1, 0.15) is 11.5 Å². The van der Waals surface area contributed by atoms with Gasteiger partial charge in [-0.15, -0.1) is 5.10 Å². The number of amides is 1. The molecule has 144 valence electrons. The van der Waals surface area contributed by atoms with Crippen LogP contribution in [0.2, 0.25) is 0 Å². The van der Waals surface area contributed by atoms with Crippen LogP contribution in [0.1, 0.15) is 25.5 Å². The zero-order valence-electron chi connectivity index (χ0n) is 15.3. The lowest BCUT2D eigenvalue weighted by atomic mass is 10.2. The van der Waals surface area contributed by atoms with E-state index < -0.39 is 5.91 Å². The van der Waals surface area contributed by atoms with Crippen molar-refractivity contribution in [2.45, 2.75) is 26.3 Å². The molecule has 0 radical (unpaired) electrons. The van der Waals surface area contributed by atoms with Gasteiger partial charge in [0.25, 0.3) is 5.95 Å². The van der Waals surface area contributed by atoms with E-state index in [1.165, 1.54) is 10.9 Å². The van der Waals surface area contributed by atoms with Crippen molar-refractivity contribution < 1.29 is 9.21 Å². The average molecular weight is 396 g/mol. The highest BCUT2D eigenvalue weighted by Gasteiger charge is 2.07. The quantitative estimate of drug-likeness (QED) is 0.467. The molecule has 2 aromatic heterocycles. The number of nitrogens with one attached hydrogen (secondary N) is 2. The van der Waals surface area contributed by atoms with E-state index in [1.807, 2.05) is 36.4 Å². The van der Waals surface area contributed by atoms with Crippen LogP contribution in [-0.2, 0) is 11.3 Å². The maximum Gasteiger partial charge on any atom is 0.269 e. The van der Waals surface area contributed by atoms with E-state index in [0.29, 0.717) is 12.3 Å². The van der Waals surface area contributed by atoms with Crippen LogP contribution >= 0.6 is 12.2 Å². The molecule has 0 aliphatic heterocycles. The fourth-order valence-corrected chi connectivity index (χ4v) is 2.52. The summed E-state index contributed by atoms with van der Waals surface area (Å²) in [6.45, 7) is 2.76. The Hall–Kier alpha value is -3.33. The van der Waals surface area contributed by atoms with Crippen LogP contribution in [0.15, 0.2) is 53.0 Å². The number of nitrogens with zero attached hydrogens (tertiary/aromatic N) is 4. The first kappa shape index (κ1) is 19.4. The second-order valence-electron chi connectivity index (χ2n) is 5.91. The van der Waals surface area contributed by atoms with Crippen LogP contribution < -0.4 is 10.6 Å². The Kier molecular flexibility index (Phi) is 6.64. The molecule has 1 aromatic carbocycles. The molecule has 0 atom stereocenters. The molecule has 1 amide bonds. The summed E-state index contributed by atoms with van der Waals surface area (Å²) in [6, 6.07) is 13.4. The number of hydrogen-bond acceptors (Lipinski definition) is 6. The van der Waals surface area contributed by atoms with Gasteiger partial charge in [-0.25, -0.2) is 0 Å². The highest BCUT2D eigenvalue weighted by Crippen LogP contribution is 2.22. The third-order valence-corrected chi connectivity index (χ3v) is 3.91. The van der Waals surface area contributed by atoms with Gasteiger partial charge < -0.3 is 4.42 Å². The Morgan fingerprint density at radius 3 is 2.86 bits per heavy atom. The summed E-state index contributed by atoms with van der Waals surface area (Å²) in [5.74, 6) is 1.14. The van der Waals surface area contributed by atoms with E-state index in [2.05, 4.69) is 33.0 Å². The van der Waals surface area contributed by atoms with Crippen molar-refractivity contribution in [2.24, 2.45) is 0 Å². The molecule has 0 bridgehead atoms. The molecule has 9 heteroatoms. The Morgan fingerprint density at radius 1 is 1.25 bits per heavy atom. The summed E-state index contributed by atoms with van der Waals surface area (Å²) >= 11 is 5.09. The fraction of sp³-hybridized carbons (Fsp3) is 0.211. The zero-order valence-corrected chi connectivity index (χ0v) is 16.1. The van der Waals surface area contributed by atoms with Gasteiger partial charge in [0, 0.05) is 11.6 Å². The standard InChI is InChI=1S/C19H20N6O2S/c1-2-3-13-25-23-18(22-24-25)21-19(28)20-17(26)12-10-15-9-11-16(27-15)14-7-5-4-6-8-14/h4-12H,2-3,13H2,1H3,(H2,20,21,23,26,28)/b12-10+. The molecule has 0 saturated carbocycles. The lowest BCUT2D eigenvalue weighted by molar-refractivity contribution is -0.115. The molecule has 8 nitrogen and oxygen atoms in total. The number of unbranched alkanes of at least 4 members (excludes halogenated alkanes) is 1. The van der Waals surface area contributed by atoms with E-state index in [1.54, 1.807) is 12.1 Å². The van der Waals surface area contributed by atoms with Crippen molar-refractivity contribution >= 4 is 35.3 Å². The summed E-state index contributed by atoms with van der Waals surface area (Å²) in [5.41, 5.74) is 0.969. The molecule has 0 spiro atoms. The van der Waals surface area contributed by atoms with Crippen molar-refractivity contribution in [1.82, 2.24) is 25.5 Å². The van der Waals surface area contributed by atoms with Crippen LogP contribution in [0.3, 0.4) is 0 Å². The van der Waals surface area contributed by atoms with Gasteiger partial charge in [-0.2, -0.15) is 4.80 Å². The van der Waals surface area contributed by atoms with Gasteiger partial charge >= 0.3 is 0 Å². The largest absolute Gasteiger partial charge is 0.457 e. The molecule has 0 saturated heterocycles. The van der Waals surface area contributed by atoms with Gasteiger partial charge in [-0.1, -0.05) is 48.8 Å². The molecule has 0 aliphatic rings. The molecule has 28 heavy (non-hydrogen) atoms. The SMILES string of the molecule is CCCCn1nnc(NC(=S)NC(=O)/C=C/c2ccc(-c3ccccc3)o2)n1. The summed E-state index contributed by atoms with van der Waals surface area (Å²) in [7, 11) is 0. The second-order valence-corrected chi connectivity index (χ2v) is 6.32. The molecule has 2 heterocycles. The maximum atomic E-state index is 12.0. The highest BCUT2D eigenvalue weighted by molar-refractivity contribution is 7.80. The van der Waals surface area contributed by atoms with Crippen molar-refractivity contribution in [3.05, 3.63) is 54.3 Å². The third-order valence-electron chi connectivity index (χ3n) is 3.71.